The van der Waals surface area contributed by atoms with E-state index < -0.39 is 15.9 Å². The van der Waals surface area contributed by atoms with Gasteiger partial charge in [0.1, 0.15) is 19.8 Å². The molecule has 1 fully saturated rings. The number of hydrogen-bond donors (Lipinski definition) is 1. The first-order chi connectivity index (χ1) is 14.9. The van der Waals surface area contributed by atoms with Crippen LogP contribution in [0.4, 0.5) is 17.1 Å². The van der Waals surface area contributed by atoms with Crippen molar-refractivity contribution in [2.24, 2.45) is 0 Å². The highest BCUT2D eigenvalue weighted by Gasteiger charge is 2.23. The molecule has 2 aromatic rings. The standard InChI is InChI=1S/C22H27N3O5S/c1-31(27,28)25(19-9-10-20-21(15-19)30-14-13-29-20)16-22(26)23-17-5-7-18(8-6-17)24-11-3-2-4-12-24/h5-10,15H,2-4,11-14,16H2,1H3,(H,23,26). The number of carbonyl (C=O) groups is 1. The second-order valence-electron chi connectivity index (χ2n) is 7.74. The Morgan fingerprint density at radius 2 is 1.68 bits per heavy atom. The quantitative estimate of drug-likeness (QED) is 0.736. The lowest BCUT2D eigenvalue weighted by atomic mass is 10.1. The Bertz CT molecular complexity index is 1030. The number of benzene rings is 2. The summed E-state index contributed by atoms with van der Waals surface area (Å²) < 4.78 is 36.8. The van der Waals surface area contributed by atoms with Crippen molar-refractivity contribution in [3.8, 4) is 11.5 Å². The zero-order valence-corrected chi connectivity index (χ0v) is 18.4. The average molecular weight is 446 g/mol. The number of anilines is 3. The van der Waals surface area contributed by atoms with Gasteiger partial charge in [-0.2, -0.15) is 0 Å². The Morgan fingerprint density at radius 3 is 2.35 bits per heavy atom. The van der Waals surface area contributed by atoms with Crippen molar-refractivity contribution in [1.82, 2.24) is 0 Å². The van der Waals surface area contributed by atoms with Crippen LogP contribution in [0.5, 0.6) is 11.5 Å². The molecule has 0 bridgehead atoms. The molecule has 0 unspecified atom stereocenters. The first-order valence-corrected chi connectivity index (χ1v) is 12.3. The number of carbonyl (C=O) groups excluding carboxylic acids is 1. The molecule has 2 aromatic carbocycles. The molecule has 0 aromatic heterocycles. The van der Waals surface area contributed by atoms with Crippen molar-refractivity contribution in [1.29, 1.82) is 0 Å². The minimum atomic E-state index is -3.68. The van der Waals surface area contributed by atoms with Gasteiger partial charge in [-0.05, 0) is 55.7 Å². The highest BCUT2D eigenvalue weighted by Crippen LogP contribution is 2.34. The van der Waals surface area contributed by atoms with Crippen LogP contribution in [0, 0.1) is 0 Å². The normalized spacial score (nSPS) is 16.0. The van der Waals surface area contributed by atoms with Gasteiger partial charge in [-0.3, -0.25) is 9.10 Å². The van der Waals surface area contributed by atoms with E-state index in [1.165, 1.54) is 19.3 Å². The Morgan fingerprint density at radius 1 is 1.00 bits per heavy atom. The smallest absolute Gasteiger partial charge is 0.245 e. The van der Waals surface area contributed by atoms with E-state index in [1.807, 2.05) is 24.3 Å². The third kappa shape index (κ3) is 5.22. The average Bonchev–Trinajstić information content (AvgIpc) is 2.77. The van der Waals surface area contributed by atoms with Crippen molar-refractivity contribution in [3.05, 3.63) is 42.5 Å². The lowest BCUT2D eigenvalue weighted by Crippen LogP contribution is -2.37. The Labute approximate surface area is 182 Å². The molecule has 2 aliphatic heterocycles. The zero-order valence-electron chi connectivity index (χ0n) is 17.5. The van der Waals surface area contributed by atoms with E-state index in [0.29, 0.717) is 36.1 Å². The molecule has 0 spiro atoms. The summed E-state index contributed by atoms with van der Waals surface area (Å²) in [4.78, 5) is 15.0. The van der Waals surface area contributed by atoms with Crippen LogP contribution < -0.4 is 24.0 Å². The molecule has 1 saturated heterocycles. The van der Waals surface area contributed by atoms with E-state index >= 15 is 0 Å². The van der Waals surface area contributed by atoms with Gasteiger partial charge in [-0.1, -0.05) is 0 Å². The molecule has 0 aliphatic carbocycles. The largest absolute Gasteiger partial charge is 0.486 e. The van der Waals surface area contributed by atoms with Crippen molar-refractivity contribution >= 4 is 33.0 Å². The Hall–Kier alpha value is -2.94. The van der Waals surface area contributed by atoms with Gasteiger partial charge in [0.2, 0.25) is 15.9 Å². The van der Waals surface area contributed by atoms with Crippen LogP contribution in [0.3, 0.4) is 0 Å². The molecule has 2 aliphatic rings. The number of nitrogens with zero attached hydrogens (tertiary/aromatic N) is 2. The third-order valence-electron chi connectivity index (χ3n) is 5.37. The van der Waals surface area contributed by atoms with Crippen LogP contribution in [0.15, 0.2) is 42.5 Å². The molecule has 166 valence electrons. The molecular weight excluding hydrogens is 418 g/mol. The number of amides is 1. The topological polar surface area (TPSA) is 88.2 Å². The highest BCUT2D eigenvalue weighted by atomic mass is 32.2. The predicted octanol–water partition coefficient (Wildman–Crippen LogP) is 2.85. The third-order valence-corrected chi connectivity index (χ3v) is 6.51. The molecule has 31 heavy (non-hydrogen) atoms. The first-order valence-electron chi connectivity index (χ1n) is 10.4. The first kappa shape index (κ1) is 21.3. The molecule has 8 nitrogen and oxygen atoms in total. The fraction of sp³-hybridized carbons (Fsp3) is 0.409. The molecule has 1 amide bonds. The maximum absolute atomic E-state index is 12.6. The second kappa shape index (κ2) is 9.05. The van der Waals surface area contributed by atoms with Gasteiger partial charge < -0.3 is 19.7 Å². The van der Waals surface area contributed by atoms with Gasteiger partial charge in [0, 0.05) is 30.5 Å². The summed E-state index contributed by atoms with van der Waals surface area (Å²) in [5, 5.41) is 2.79. The van der Waals surface area contributed by atoms with Gasteiger partial charge >= 0.3 is 0 Å². The summed E-state index contributed by atoms with van der Waals surface area (Å²) >= 11 is 0. The maximum Gasteiger partial charge on any atom is 0.245 e. The summed E-state index contributed by atoms with van der Waals surface area (Å²) in [6, 6.07) is 12.5. The lowest BCUT2D eigenvalue weighted by Gasteiger charge is -2.29. The van der Waals surface area contributed by atoms with E-state index in [-0.39, 0.29) is 6.54 Å². The predicted molar refractivity (Wildman–Crippen MR) is 121 cm³/mol. The fourth-order valence-corrected chi connectivity index (χ4v) is 4.67. The lowest BCUT2D eigenvalue weighted by molar-refractivity contribution is -0.114. The van der Waals surface area contributed by atoms with E-state index in [9.17, 15) is 13.2 Å². The number of nitrogens with one attached hydrogen (secondary N) is 1. The number of rotatable bonds is 6. The van der Waals surface area contributed by atoms with Crippen LogP contribution >= 0.6 is 0 Å². The van der Waals surface area contributed by atoms with E-state index in [2.05, 4.69) is 10.2 Å². The molecule has 0 atom stereocenters. The number of fused-ring (bicyclic) bond motifs is 1. The molecule has 1 N–H and O–H groups in total. The maximum atomic E-state index is 12.6. The number of piperidine rings is 1. The van der Waals surface area contributed by atoms with Crippen LogP contribution in [0.2, 0.25) is 0 Å². The van der Waals surface area contributed by atoms with Crippen LogP contribution in [0.1, 0.15) is 19.3 Å². The van der Waals surface area contributed by atoms with E-state index in [4.69, 9.17) is 9.47 Å². The van der Waals surface area contributed by atoms with E-state index in [1.54, 1.807) is 18.2 Å². The van der Waals surface area contributed by atoms with Crippen LogP contribution in [0.25, 0.3) is 0 Å². The molecular formula is C22H27N3O5S. The van der Waals surface area contributed by atoms with Crippen molar-refractivity contribution in [2.75, 3.05) is 53.6 Å². The van der Waals surface area contributed by atoms with Gasteiger partial charge in [-0.25, -0.2) is 8.42 Å². The van der Waals surface area contributed by atoms with Gasteiger partial charge in [0.25, 0.3) is 0 Å². The summed E-state index contributed by atoms with van der Waals surface area (Å²) in [7, 11) is -3.68. The minimum Gasteiger partial charge on any atom is -0.486 e. The summed E-state index contributed by atoms with van der Waals surface area (Å²) in [5.41, 5.74) is 2.11. The molecule has 2 heterocycles. The minimum absolute atomic E-state index is 0.341. The number of sulfonamides is 1. The summed E-state index contributed by atoms with van der Waals surface area (Å²) in [6.07, 6.45) is 4.73. The van der Waals surface area contributed by atoms with E-state index in [0.717, 1.165) is 29.3 Å². The summed E-state index contributed by atoms with van der Waals surface area (Å²) in [6.45, 7) is 2.59. The monoisotopic (exact) mass is 445 g/mol. The van der Waals surface area contributed by atoms with Crippen molar-refractivity contribution < 1.29 is 22.7 Å². The summed E-state index contributed by atoms with van der Waals surface area (Å²) in [5.74, 6) is 0.596. The zero-order chi connectivity index (χ0) is 21.8. The Balaban J connectivity index is 1.45. The second-order valence-corrected chi connectivity index (χ2v) is 9.65. The van der Waals surface area contributed by atoms with Gasteiger partial charge in [0.05, 0.1) is 11.9 Å². The van der Waals surface area contributed by atoms with Crippen LogP contribution in [-0.2, 0) is 14.8 Å². The SMILES string of the molecule is CS(=O)(=O)N(CC(=O)Nc1ccc(N2CCCCC2)cc1)c1ccc2c(c1)OCCO2. The fourth-order valence-electron chi connectivity index (χ4n) is 3.83. The highest BCUT2D eigenvalue weighted by molar-refractivity contribution is 7.92. The van der Waals surface area contributed by atoms with Crippen LogP contribution in [-0.4, -0.2) is 53.4 Å². The van der Waals surface area contributed by atoms with Gasteiger partial charge in [-0.15, -0.1) is 0 Å². The number of hydrogen-bond acceptors (Lipinski definition) is 6. The molecule has 0 radical (unpaired) electrons. The molecule has 4 rings (SSSR count). The van der Waals surface area contributed by atoms with Crippen molar-refractivity contribution in [2.45, 2.75) is 19.3 Å². The molecule has 0 saturated carbocycles. The van der Waals surface area contributed by atoms with Gasteiger partial charge in [0.15, 0.2) is 11.5 Å². The number of ether oxygens (including phenoxy) is 2. The Kier molecular flexibility index (Phi) is 6.22. The van der Waals surface area contributed by atoms with Crippen molar-refractivity contribution in [3.63, 3.8) is 0 Å². The molecule has 9 heteroatoms.